The predicted molar refractivity (Wildman–Crippen MR) is 95.9 cm³/mol. The van der Waals surface area contributed by atoms with Gasteiger partial charge in [0.2, 0.25) is 5.91 Å². The number of aromatic amines is 1. The Morgan fingerprint density at radius 1 is 1.48 bits per heavy atom. The van der Waals surface area contributed by atoms with Gasteiger partial charge < -0.3 is 10.0 Å². The maximum atomic E-state index is 12.4. The minimum Gasteiger partial charge on any atom is -0.395 e. The van der Waals surface area contributed by atoms with Gasteiger partial charge in [0.25, 0.3) is 11.3 Å². The van der Waals surface area contributed by atoms with Crippen molar-refractivity contribution in [3.05, 3.63) is 44.5 Å². The van der Waals surface area contributed by atoms with Crippen LogP contribution in [0.15, 0.2) is 33.5 Å². The summed E-state index contributed by atoms with van der Waals surface area (Å²) in [5.74, 6) is 0.328. The fourth-order valence-electron chi connectivity index (χ4n) is 2.26. The molecule has 0 aliphatic heterocycles. The predicted octanol–water partition coefficient (Wildman–Crippen LogP) is 0.901. The maximum Gasteiger partial charge on any atom is 0.274 e. The number of aliphatic hydroxyl groups is 1. The second-order valence-electron chi connectivity index (χ2n) is 5.31. The molecule has 0 fully saturated rings. The molecular formula is C15H17N5O3S2. The first-order chi connectivity index (χ1) is 12.1. The number of fused-ring (bicyclic) bond motifs is 1. The van der Waals surface area contributed by atoms with Crippen LogP contribution >= 0.6 is 23.1 Å². The lowest BCUT2D eigenvalue weighted by Crippen LogP contribution is -2.34. The molecule has 3 aromatic heterocycles. The van der Waals surface area contributed by atoms with Crippen molar-refractivity contribution >= 4 is 34.8 Å². The lowest BCUT2D eigenvalue weighted by atomic mass is 10.4. The van der Waals surface area contributed by atoms with Gasteiger partial charge in [0.1, 0.15) is 0 Å². The fourth-order valence-corrected chi connectivity index (χ4v) is 3.73. The first-order valence-corrected chi connectivity index (χ1v) is 9.43. The molecule has 10 heteroatoms. The molecular weight excluding hydrogens is 362 g/mol. The van der Waals surface area contributed by atoms with Crippen LogP contribution in [0.5, 0.6) is 0 Å². The molecule has 3 heterocycles. The average molecular weight is 379 g/mol. The fraction of sp³-hybridized carbons (Fsp3) is 0.333. The summed E-state index contributed by atoms with van der Waals surface area (Å²) >= 11 is 2.77. The van der Waals surface area contributed by atoms with E-state index in [1.807, 2.05) is 17.5 Å². The third-order valence-corrected chi connectivity index (χ3v) is 5.13. The van der Waals surface area contributed by atoms with Crippen LogP contribution in [-0.2, 0) is 11.3 Å². The van der Waals surface area contributed by atoms with Gasteiger partial charge in [-0.25, -0.2) is 4.98 Å². The standard InChI is InChI=1S/C15H17N5O3S2/c1-10-7-12(22)20-14(16-10)17-15(18-20)25-9-13(23)19(4-5-21)8-11-3-2-6-24-11/h2-3,6-7,21H,4-5,8-9H2,1H3,(H,16,17,18). The van der Waals surface area contributed by atoms with E-state index < -0.39 is 0 Å². The molecule has 8 nitrogen and oxygen atoms in total. The van der Waals surface area contributed by atoms with Crippen LogP contribution in [0.25, 0.3) is 5.78 Å². The summed E-state index contributed by atoms with van der Waals surface area (Å²) in [6.07, 6.45) is 0. The number of rotatable bonds is 7. The van der Waals surface area contributed by atoms with Gasteiger partial charge >= 0.3 is 0 Å². The number of aliphatic hydroxyl groups excluding tert-OH is 1. The van der Waals surface area contributed by atoms with Crippen molar-refractivity contribution in [3.8, 4) is 0 Å². The molecule has 3 aromatic rings. The molecule has 3 rings (SSSR count). The van der Waals surface area contributed by atoms with Gasteiger partial charge in [-0.1, -0.05) is 17.8 Å². The molecule has 0 radical (unpaired) electrons. The molecule has 0 aromatic carbocycles. The van der Waals surface area contributed by atoms with E-state index in [1.165, 1.54) is 22.3 Å². The Hall–Kier alpha value is -2.17. The number of aromatic nitrogens is 4. The zero-order valence-corrected chi connectivity index (χ0v) is 15.1. The van der Waals surface area contributed by atoms with E-state index in [4.69, 9.17) is 0 Å². The zero-order valence-electron chi connectivity index (χ0n) is 13.5. The van der Waals surface area contributed by atoms with Crippen molar-refractivity contribution in [2.45, 2.75) is 18.6 Å². The van der Waals surface area contributed by atoms with Gasteiger partial charge in [0.05, 0.1) is 18.9 Å². The van der Waals surface area contributed by atoms with Gasteiger partial charge in [0, 0.05) is 23.2 Å². The minimum atomic E-state index is -0.243. The zero-order chi connectivity index (χ0) is 17.8. The Balaban J connectivity index is 1.67. The molecule has 1 amide bonds. The van der Waals surface area contributed by atoms with Crippen LogP contribution in [0.4, 0.5) is 0 Å². The second-order valence-corrected chi connectivity index (χ2v) is 7.30. The van der Waals surface area contributed by atoms with Crippen LogP contribution < -0.4 is 5.56 Å². The molecule has 0 saturated heterocycles. The first kappa shape index (κ1) is 17.6. The van der Waals surface area contributed by atoms with Gasteiger partial charge in [-0.2, -0.15) is 9.50 Å². The highest BCUT2D eigenvalue weighted by Gasteiger charge is 2.16. The van der Waals surface area contributed by atoms with Crippen molar-refractivity contribution in [2.24, 2.45) is 0 Å². The Morgan fingerprint density at radius 3 is 3.04 bits per heavy atom. The summed E-state index contributed by atoms with van der Waals surface area (Å²) in [4.78, 5) is 35.4. The summed E-state index contributed by atoms with van der Waals surface area (Å²) in [5.41, 5.74) is 0.349. The molecule has 2 N–H and O–H groups in total. The number of amides is 1. The van der Waals surface area contributed by atoms with Crippen LogP contribution in [0.2, 0.25) is 0 Å². The molecule has 0 saturated carbocycles. The van der Waals surface area contributed by atoms with Gasteiger partial charge in [-0.15, -0.1) is 11.3 Å². The molecule has 0 spiro atoms. The largest absolute Gasteiger partial charge is 0.395 e. The van der Waals surface area contributed by atoms with Gasteiger partial charge in [-0.05, 0) is 18.4 Å². The molecule has 0 bridgehead atoms. The van der Waals surface area contributed by atoms with E-state index >= 15 is 0 Å². The quantitative estimate of drug-likeness (QED) is 0.591. The van der Waals surface area contributed by atoms with Crippen LogP contribution in [-0.4, -0.2) is 54.4 Å². The second kappa shape index (κ2) is 7.81. The number of thioether (sulfide) groups is 1. The van der Waals surface area contributed by atoms with Gasteiger partial charge in [-0.3, -0.25) is 14.7 Å². The summed E-state index contributed by atoms with van der Waals surface area (Å²) in [5, 5.41) is 14.4. The highest BCUT2D eigenvalue weighted by Crippen LogP contribution is 2.16. The summed E-state index contributed by atoms with van der Waals surface area (Å²) < 4.78 is 1.25. The highest BCUT2D eigenvalue weighted by atomic mass is 32.2. The maximum absolute atomic E-state index is 12.4. The first-order valence-electron chi connectivity index (χ1n) is 7.57. The van der Waals surface area contributed by atoms with Crippen molar-refractivity contribution < 1.29 is 9.90 Å². The smallest absolute Gasteiger partial charge is 0.274 e. The molecule has 0 unspecified atom stereocenters. The average Bonchev–Trinajstić information content (AvgIpc) is 3.21. The lowest BCUT2D eigenvalue weighted by Gasteiger charge is -2.20. The number of carbonyl (C=O) groups is 1. The number of carbonyl (C=O) groups excluding carboxylic acids is 1. The molecule has 0 atom stereocenters. The van der Waals surface area contributed by atoms with Crippen LogP contribution in [0.1, 0.15) is 10.6 Å². The number of hydrogen-bond donors (Lipinski definition) is 2. The van der Waals surface area contributed by atoms with E-state index in [-0.39, 0.29) is 36.1 Å². The molecule has 0 aliphatic rings. The van der Waals surface area contributed by atoms with E-state index in [2.05, 4.69) is 15.1 Å². The minimum absolute atomic E-state index is 0.0923. The molecule has 0 aliphatic carbocycles. The third-order valence-electron chi connectivity index (χ3n) is 3.42. The summed E-state index contributed by atoms with van der Waals surface area (Å²) in [6, 6.07) is 5.29. The Labute approximate surface area is 151 Å². The lowest BCUT2D eigenvalue weighted by molar-refractivity contribution is -0.129. The van der Waals surface area contributed by atoms with Crippen LogP contribution in [0.3, 0.4) is 0 Å². The highest BCUT2D eigenvalue weighted by molar-refractivity contribution is 7.99. The van der Waals surface area contributed by atoms with E-state index in [9.17, 15) is 14.7 Å². The SMILES string of the molecule is Cc1cc(=O)n2[nH]c(SCC(=O)N(CCO)Cc3cccs3)nc2n1. The van der Waals surface area contributed by atoms with Gasteiger partial charge in [0.15, 0.2) is 5.16 Å². The third kappa shape index (κ3) is 4.27. The van der Waals surface area contributed by atoms with Crippen LogP contribution in [0, 0.1) is 6.92 Å². The van der Waals surface area contributed by atoms with Crippen molar-refractivity contribution in [3.63, 3.8) is 0 Å². The molecule has 132 valence electrons. The molecule has 25 heavy (non-hydrogen) atoms. The van der Waals surface area contributed by atoms with Crippen molar-refractivity contribution in [1.29, 1.82) is 0 Å². The van der Waals surface area contributed by atoms with Crippen molar-refractivity contribution in [1.82, 2.24) is 24.5 Å². The van der Waals surface area contributed by atoms with E-state index in [0.717, 1.165) is 4.88 Å². The monoisotopic (exact) mass is 379 g/mol. The normalized spacial score (nSPS) is 11.1. The Bertz CT molecular complexity index is 919. The van der Waals surface area contributed by atoms with Crippen molar-refractivity contribution in [2.75, 3.05) is 18.9 Å². The van der Waals surface area contributed by atoms with E-state index in [1.54, 1.807) is 23.2 Å². The number of H-pyrrole nitrogens is 1. The van der Waals surface area contributed by atoms with E-state index in [0.29, 0.717) is 17.4 Å². The Kier molecular flexibility index (Phi) is 5.51. The summed E-state index contributed by atoms with van der Waals surface area (Å²) in [7, 11) is 0. The number of nitrogens with one attached hydrogen (secondary N) is 1. The Morgan fingerprint density at radius 2 is 2.32 bits per heavy atom. The number of thiophene rings is 1. The summed E-state index contributed by atoms with van der Waals surface area (Å²) in [6.45, 7) is 2.38. The number of hydrogen-bond acceptors (Lipinski definition) is 7. The number of aryl methyl sites for hydroxylation is 1. The topological polar surface area (TPSA) is 104 Å². The number of nitrogens with zero attached hydrogens (tertiary/aromatic N) is 4.